The maximum absolute atomic E-state index is 12.4. The zero-order chi connectivity index (χ0) is 20.0. The number of hydrogen-bond donors (Lipinski definition) is 1. The largest absolute Gasteiger partial charge is 0.463 e. The lowest BCUT2D eigenvalue weighted by Crippen LogP contribution is -2.68. The highest BCUT2D eigenvalue weighted by molar-refractivity contribution is 5.91. The van der Waals surface area contributed by atoms with Gasteiger partial charge in [0.15, 0.2) is 6.10 Å². The van der Waals surface area contributed by atoms with Gasteiger partial charge in [0.25, 0.3) is 0 Å². The van der Waals surface area contributed by atoms with Crippen LogP contribution in [0.1, 0.15) is 31.3 Å². The number of nitrogens with zero attached hydrogens (tertiary/aromatic N) is 4. The van der Waals surface area contributed by atoms with E-state index in [2.05, 4.69) is 5.27 Å². The Labute approximate surface area is 155 Å². The second kappa shape index (κ2) is 9.05. The molecule has 0 saturated carbocycles. The molecule has 0 aromatic carbocycles. The van der Waals surface area contributed by atoms with Gasteiger partial charge in [-0.25, -0.2) is 14.4 Å². The molecule has 1 amide bonds. The molecule has 12 nitrogen and oxygen atoms in total. The van der Waals surface area contributed by atoms with E-state index in [1.165, 1.54) is 11.7 Å². The zero-order valence-electron chi connectivity index (χ0n) is 15.5. The molecular formula is C15H24N5O7+. The van der Waals surface area contributed by atoms with Crippen molar-refractivity contribution in [1.82, 2.24) is 10.2 Å². The Morgan fingerprint density at radius 1 is 1.19 bits per heavy atom. The summed E-state index contributed by atoms with van der Waals surface area (Å²) in [6.45, 7) is 6.70. The van der Waals surface area contributed by atoms with Crippen LogP contribution in [-0.4, -0.2) is 73.7 Å². The van der Waals surface area contributed by atoms with Gasteiger partial charge < -0.3 is 24.8 Å². The van der Waals surface area contributed by atoms with Crippen LogP contribution >= 0.6 is 0 Å². The maximum Gasteiger partial charge on any atom is 0.416 e. The minimum Gasteiger partial charge on any atom is -0.463 e. The number of esters is 2. The van der Waals surface area contributed by atoms with E-state index < -0.39 is 24.1 Å². The normalized spacial score (nSPS) is 15.2. The van der Waals surface area contributed by atoms with E-state index in [1.807, 2.05) is 0 Å². The van der Waals surface area contributed by atoms with Crippen molar-refractivity contribution < 1.29 is 37.9 Å². The molecule has 150 valence electrons. The molecule has 27 heavy (non-hydrogen) atoms. The highest BCUT2D eigenvalue weighted by Crippen LogP contribution is 2.10. The van der Waals surface area contributed by atoms with E-state index >= 15 is 0 Å². The molecule has 0 aliphatic carbocycles. The summed E-state index contributed by atoms with van der Waals surface area (Å²) in [5, 5.41) is 5.41. The van der Waals surface area contributed by atoms with Crippen LogP contribution in [0.3, 0.4) is 0 Å². The third kappa shape index (κ3) is 4.77. The number of nitrogen functional groups attached to an aromatic ring is 1. The summed E-state index contributed by atoms with van der Waals surface area (Å²) >= 11 is 0. The number of rotatable bonds is 6. The topological polar surface area (TPSA) is 141 Å². The van der Waals surface area contributed by atoms with Crippen molar-refractivity contribution in [3.63, 3.8) is 0 Å². The van der Waals surface area contributed by atoms with Gasteiger partial charge in [-0.2, -0.15) is 0 Å². The number of aromatic nitrogens is 2. The molecule has 1 aromatic heterocycles. The number of hydrogen-bond acceptors (Lipinski definition) is 10. The van der Waals surface area contributed by atoms with Crippen LogP contribution < -0.4 is 15.5 Å². The van der Waals surface area contributed by atoms with Gasteiger partial charge in [0.2, 0.25) is 5.27 Å². The van der Waals surface area contributed by atoms with Crippen LogP contribution in [0.25, 0.3) is 0 Å². The molecular weight excluding hydrogens is 362 g/mol. The summed E-state index contributed by atoms with van der Waals surface area (Å²) in [7, 11) is 0. The Balaban J connectivity index is 2.05. The van der Waals surface area contributed by atoms with Gasteiger partial charge in [-0.1, -0.05) is 0 Å². The van der Waals surface area contributed by atoms with Crippen molar-refractivity contribution in [3.05, 3.63) is 5.69 Å². The average Bonchev–Trinajstić information content (AvgIpc) is 3.03. The molecule has 2 heterocycles. The first kappa shape index (κ1) is 20.3. The standard InChI is InChI=1S/C15H23N5O7/c1-4-24-13(21)10(3)26-14(22)11-12(16)27-17-20(11)19-8-6-18(7-9-19)15(23)25-5-2/h10H,4-9H2,1-3H3,(H-,16,17,22)/p+1/t10-/m0/s1. The Hall–Kier alpha value is -3.05. The van der Waals surface area contributed by atoms with E-state index in [0.29, 0.717) is 32.8 Å². The number of carbonyl (C=O) groups excluding carboxylic acids is 3. The Kier molecular flexibility index (Phi) is 6.79. The first-order valence-corrected chi connectivity index (χ1v) is 8.61. The molecule has 1 aromatic rings. The van der Waals surface area contributed by atoms with E-state index in [0.717, 1.165) is 0 Å². The third-order valence-corrected chi connectivity index (χ3v) is 3.80. The lowest BCUT2D eigenvalue weighted by molar-refractivity contribution is -0.761. The van der Waals surface area contributed by atoms with Crippen LogP contribution in [0.4, 0.5) is 10.7 Å². The van der Waals surface area contributed by atoms with Crippen molar-refractivity contribution in [2.24, 2.45) is 0 Å². The summed E-state index contributed by atoms with van der Waals surface area (Å²) < 4.78 is 19.8. The molecule has 0 unspecified atom stereocenters. The van der Waals surface area contributed by atoms with Crippen LogP contribution in [0.5, 0.6) is 0 Å². The maximum atomic E-state index is 12.4. The predicted octanol–water partition coefficient (Wildman–Crippen LogP) is -0.937. The average molecular weight is 386 g/mol. The fourth-order valence-electron chi connectivity index (χ4n) is 2.45. The molecule has 1 aliphatic heterocycles. The third-order valence-electron chi connectivity index (χ3n) is 3.80. The van der Waals surface area contributed by atoms with Crippen LogP contribution in [0.2, 0.25) is 0 Å². The second-order valence-corrected chi connectivity index (χ2v) is 5.61. The fraction of sp³-hybridized carbons (Fsp3) is 0.667. The zero-order valence-corrected chi connectivity index (χ0v) is 15.5. The monoisotopic (exact) mass is 386 g/mol. The second-order valence-electron chi connectivity index (χ2n) is 5.61. The van der Waals surface area contributed by atoms with Crippen LogP contribution in [0.15, 0.2) is 4.52 Å². The van der Waals surface area contributed by atoms with Gasteiger partial charge >= 0.3 is 29.6 Å². The van der Waals surface area contributed by atoms with Gasteiger partial charge in [-0.05, 0) is 20.8 Å². The van der Waals surface area contributed by atoms with E-state index in [4.69, 9.17) is 24.5 Å². The number of amides is 1. The molecule has 1 atom stereocenters. The molecule has 1 aliphatic rings. The SMILES string of the molecule is CCOC(=O)[C@H](C)OC(=O)c1c(N)on[n+]1N1CCN(C(=O)OCC)CC1. The smallest absolute Gasteiger partial charge is 0.416 e. The van der Waals surface area contributed by atoms with Crippen molar-refractivity contribution in [1.29, 1.82) is 0 Å². The van der Waals surface area contributed by atoms with Crippen molar-refractivity contribution in [2.45, 2.75) is 26.9 Å². The number of nitrogens with two attached hydrogens (primary N) is 1. The predicted molar refractivity (Wildman–Crippen MR) is 89.2 cm³/mol. The Morgan fingerprint density at radius 2 is 1.81 bits per heavy atom. The van der Waals surface area contributed by atoms with E-state index in [-0.39, 0.29) is 18.2 Å². The highest BCUT2D eigenvalue weighted by Gasteiger charge is 2.40. The quantitative estimate of drug-likeness (QED) is 0.370. The van der Waals surface area contributed by atoms with Gasteiger partial charge in [0, 0.05) is 13.1 Å². The van der Waals surface area contributed by atoms with E-state index in [1.54, 1.807) is 23.8 Å². The summed E-state index contributed by atoms with van der Waals surface area (Å²) in [6.07, 6.45) is -1.51. The number of carbonyl (C=O) groups is 3. The number of piperazine rings is 1. The molecule has 1 fully saturated rings. The van der Waals surface area contributed by atoms with Crippen molar-refractivity contribution in [3.8, 4) is 0 Å². The number of ether oxygens (including phenoxy) is 3. The van der Waals surface area contributed by atoms with Crippen LogP contribution in [0, 0.1) is 0 Å². The minimum atomic E-state index is -1.11. The van der Waals surface area contributed by atoms with Crippen molar-refractivity contribution >= 4 is 23.9 Å². The molecule has 2 rings (SSSR count). The number of anilines is 1. The Morgan fingerprint density at radius 3 is 2.41 bits per heavy atom. The highest BCUT2D eigenvalue weighted by atomic mass is 16.6. The molecule has 0 spiro atoms. The van der Waals surface area contributed by atoms with Gasteiger partial charge in [-0.3, -0.25) is 4.52 Å². The lowest BCUT2D eigenvalue weighted by atomic mass is 10.3. The summed E-state index contributed by atoms with van der Waals surface area (Å²) in [6, 6.07) is 0. The minimum absolute atomic E-state index is 0.143. The van der Waals surface area contributed by atoms with Gasteiger partial charge in [0.05, 0.1) is 31.1 Å². The molecule has 12 heteroatoms. The van der Waals surface area contributed by atoms with Gasteiger partial charge in [0.1, 0.15) is 0 Å². The summed E-state index contributed by atoms with van der Waals surface area (Å²) in [5.41, 5.74) is 5.55. The molecule has 0 bridgehead atoms. The van der Waals surface area contributed by atoms with Crippen LogP contribution in [-0.2, 0) is 19.0 Å². The van der Waals surface area contributed by atoms with Crippen molar-refractivity contribution in [2.75, 3.05) is 50.1 Å². The summed E-state index contributed by atoms with van der Waals surface area (Å²) in [5.74, 6) is -1.79. The fourth-order valence-corrected chi connectivity index (χ4v) is 2.45. The molecule has 0 radical (unpaired) electrons. The lowest BCUT2D eigenvalue weighted by Gasteiger charge is -2.29. The first-order valence-electron chi connectivity index (χ1n) is 8.61. The molecule has 2 N–H and O–H groups in total. The molecule has 1 saturated heterocycles. The van der Waals surface area contributed by atoms with E-state index in [9.17, 15) is 14.4 Å². The Bertz CT molecular complexity index is 684. The summed E-state index contributed by atoms with van der Waals surface area (Å²) in [4.78, 5) is 38.6. The van der Waals surface area contributed by atoms with Gasteiger partial charge in [-0.15, -0.1) is 5.01 Å². The first-order chi connectivity index (χ1) is 12.9.